The van der Waals surface area contributed by atoms with Crippen LogP contribution in [0.15, 0.2) is 54.6 Å². The predicted molar refractivity (Wildman–Crippen MR) is 112 cm³/mol. The van der Waals surface area contributed by atoms with E-state index in [9.17, 15) is 9.59 Å². The Morgan fingerprint density at radius 3 is 2.32 bits per heavy atom. The molecule has 3 aromatic rings. The maximum absolute atomic E-state index is 12.8. The second kappa shape index (κ2) is 7.98. The maximum Gasteiger partial charge on any atom is 0.341 e. The van der Waals surface area contributed by atoms with Gasteiger partial charge in [0.05, 0.1) is 12.7 Å². The summed E-state index contributed by atoms with van der Waals surface area (Å²) in [6, 6.07) is 17.5. The number of methoxy groups -OCH3 is 1. The van der Waals surface area contributed by atoms with Gasteiger partial charge in [-0.2, -0.15) is 0 Å². The van der Waals surface area contributed by atoms with E-state index in [1.54, 1.807) is 0 Å². The number of hydrogen-bond donors (Lipinski definition) is 1. The lowest BCUT2D eigenvalue weighted by molar-refractivity contribution is 0.0601. The van der Waals surface area contributed by atoms with Crippen LogP contribution in [0.25, 0.3) is 11.1 Å². The van der Waals surface area contributed by atoms with Crippen molar-refractivity contribution >= 4 is 28.2 Å². The minimum atomic E-state index is -0.380. The summed E-state index contributed by atoms with van der Waals surface area (Å²) < 4.78 is 4.97. The van der Waals surface area contributed by atoms with E-state index in [4.69, 9.17) is 4.74 Å². The number of benzene rings is 2. The van der Waals surface area contributed by atoms with Gasteiger partial charge in [-0.25, -0.2) is 4.79 Å². The Balaban J connectivity index is 1.58. The first-order chi connectivity index (χ1) is 13.7. The Labute approximate surface area is 168 Å². The Bertz CT molecular complexity index is 1010. The Morgan fingerprint density at radius 2 is 1.61 bits per heavy atom. The molecule has 0 saturated carbocycles. The van der Waals surface area contributed by atoms with E-state index in [1.165, 1.54) is 23.3 Å². The molecule has 1 aliphatic carbocycles. The van der Waals surface area contributed by atoms with Gasteiger partial charge in [0.1, 0.15) is 5.00 Å². The number of thiophene rings is 1. The van der Waals surface area contributed by atoms with Crippen LogP contribution in [0.2, 0.25) is 0 Å². The van der Waals surface area contributed by atoms with Crippen molar-refractivity contribution in [3.63, 3.8) is 0 Å². The summed E-state index contributed by atoms with van der Waals surface area (Å²) in [5.41, 5.74) is 4.28. The van der Waals surface area contributed by atoms with Gasteiger partial charge in [-0.15, -0.1) is 11.3 Å². The fourth-order valence-corrected chi connectivity index (χ4v) is 4.86. The van der Waals surface area contributed by atoms with Crippen LogP contribution in [0.4, 0.5) is 5.00 Å². The van der Waals surface area contributed by atoms with Gasteiger partial charge >= 0.3 is 5.97 Å². The maximum atomic E-state index is 12.8. The zero-order chi connectivity index (χ0) is 19.5. The Kier molecular flexibility index (Phi) is 5.26. The lowest BCUT2D eigenvalue weighted by atomic mass is 9.95. The van der Waals surface area contributed by atoms with Crippen LogP contribution in [0.5, 0.6) is 0 Å². The third-order valence-corrected chi connectivity index (χ3v) is 6.25. The average Bonchev–Trinajstić information content (AvgIpc) is 3.11. The van der Waals surface area contributed by atoms with E-state index >= 15 is 0 Å². The zero-order valence-corrected chi connectivity index (χ0v) is 16.5. The number of ether oxygens (including phenoxy) is 1. The number of carbonyl (C=O) groups is 2. The van der Waals surface area contributed by atoms with Crippen LogP contribution < -0.4 is 5.32 Å². The number of hydrogen-bond acceptors (Lipinski definition) is 4. The molecule has 1 N–H and O–H groups in total. The van der Waals surface area contributed by atoms with E-state index in [1.807, 2.05) is 54.6 Å². The van der Waals surface area contributed by atoms with Crippen LogP contribution in [-0.4, -0.2) is 19.0 Å². The molecule has 0 saturated heterocycles. The quantitative estimate of drug-likeness (QED) is 0.611. The van der Waals surface area contributed by atoms with Gasteiger partial charge in [0.25, 0.3) is 5.91 Å². The first kappa shape index (κ1) is 18.4. The molecular formula is C23H21NO3S. The summed E-state index contributed by atoms with van der Waals surface area (Å²) in [5.74, 6) is -0.600. The topological polar surface area (TPSA) is 55.4 Å². The summed E-state index contributed by atoms with van der Waals surface area (Å²) >= 11 is 1.50. The summed E-state index contributed by atoms with van der Waals surface area (Å²) in [6.07, 6.45) is 3.98. The first-order valence-electron chi connectivity index (χ1n) is 9.37. The molecule has 142 valence electrons. The molecule has 0 spiro atoms. The van der Waals surface area contributed by atoms with E-state index in [2.05, 4.69) is 5.32 Å². The molecule has 0 fully saturated rings. The number of nitrogens with one attached hydrogen (secondary N) is 1. The van der Waals surface area contributed by atoms with E-state index < -0.39 is 0 Å². The van der Waals surface area contributed by atoms with Crippen LogP contribution in [0.1, 0.15) is 44.0 Å². The highest BCUT2D eigenvalue weighted by atomic mass is 32.1. The minimum Gasteiger partial charge on any atom is -0.465 e. The zero-order valence-electron chi connectivity index (χ0n) is 15.7. The van der Waals surface area contributed by atoms with Crippen LogP contribution in [0, 0.1) is 0 Å². The van der Waals surface area contributed by atoms with Gasteiger partial charge < -0.3 is 10.1 Å². The number of esters is 1. The molecular weight excluding hydrogens is 370 g/mol. The third kappa shape index (κ3) is 3.58. The van der Waals surface area contributed by atoms with Crippen molar-refractivity contribution < 1.29 is 14.3 Å². The van der Waals surface area contributed by atoms with Crippen LogP contribution in [-0.2, 0) is 17.6 Å². The Morgan fingerprint density at radius 1 is 0.929 bits per heavy atom. The molecule has 5 heteroatoms. The summed E-state index contributed by atoms with van der Waals surface area (Å²) in [7, 11) is 1.38. The van der Waals surface area contributed by atoms with Gasteiger partial charge in [0.15, 0.2) is 0 Å². The molecule has 0 atom stereocenters. The molecule has 1 aliphatic rings. The van der Waals surface area contributed by atoms with Crippen LogP contribution >= 0.6 is 11.3 Å². The molecule has 2 aromatic carbocycles. The van der Waals surface area contributed by atoms with Gasteiger partial charge in [0.2, 0.25) is 0 Å². The fraction of sp³-hybridized carbons (Fsp3) is 0.217. The van der Waals surface area contributed by atoms with Crippen molar-refractivity contribution in [2.24, 2.45) is 0 Å². The highest BCUT2D eigenvalue weighted by molar-refractivity contribution is 7.17. The first-order valence-corrected chi connectivity index (χ1v) is 10.2. The highest BCUT2D eigenvalue weighted by Gasteiger charge is 2.27. The average molecular weight is 391 g/mol. The third-order valence-electron chi connectivity index (χ3n) is 5.04. The number of carbonyl (C=O) groups excluding carboxylic acids is 2. The number of amides is 1. The van der Waals surface area contributed by atoms with Crippen LogP contribution in [0.3, 0.4) is 0 Å². The summed E-state index contributed by atoms with van der Waals surface area (Å²) in [4.78, 5) is 26.3. The second-order valence-electron chi connectivity index (χ2n) is 6.80. The molecule has 0 unspecified atom stereocenters. The van der Waals surface area contributed by atoms with Crippen molar-refractivity contribution in [1.82, 2.24) is 0 Å². The second-order valence-corrected chi connectivity index (χ2v) is 7.91. The van der Waals surface area contributed by atoms with E-state index in [0.717, 1.165) is 42.4 Å². The minimum absolute atomic E-state index is 0.219. The SMILES string of the molecule is COC(=O)c1c(NC(=O)c2ccc(-c3ccccc3)cc2)sc2c1CCCC2. The van der Waals surface area contributed by atoms with E-state index in [-0.39, 0.29) is 11.9 Å². The number of anilines is 1. The lowest BCUT2D eigenvalue weighted by Gasteiger charge is -2.11. The highest BCUT2D eigenvalue weighted by Crippen LogP contribution is 2.38. The van der Waals surface area contributed by atoms with Gasteiger partial charge in [0, 0.05) is 10.4 Å². The molecule has 0 aliphatic heterocycles. The van der Waals surface area contributed by atoms with Crippen molar-refractivity contribution in [2.75, 3.05) is 12.4 Å². The van der Waals surface area contributed by atoms with Crippen molar-refractivity contribution in [3.05, 3.63) is 76.2 Å². The smallest absolute Gasteiger partial charge is 0.341 e. The molecule has 4 rings (SSSR count). The normalized spacial score (nSPS) is 12.9. The molecule has 0 bridgehead atoms. The number of rotatable bonds is 4. The molecule has 1 amide bonds. The van der Waals surface area contributed by atoms with Crippen molar-refractivity contribution in [3.8, 4) is 11.1 Å². The summed E-state index contributed by atoms with van der Waals surface area (Å²) in [5, 5.41) is 3.53. The molecule has 0 radical (unpaired) electrons. The number of aryl methyl sites for hydroxylation is 1. The number of fused-ring (bicyclic) bond motifs is 1. The van der Waals surface area contributed by atoms with Crippen molar-refractivity contribution in [2.45, 2.75) is 25.7 Å². The fourth-order valence-electron chi connectivity index (χ4n) is 3.59. The summed E-state index contributed by atoms with van der Waals surface area (Å²) in [6.45, 7) is 0. The molecule has 1 aromatic heterocycles. The molecule has 4 nitrogen and oxygen atoms in total. The van der Waals surface area contributed by atoms with Crippen molar-refractivity contribution in [1.29, 1.82) is 0 Å². The predicted octanol–water partition coefficient (Wildman–Crippen LogP) is 5.33. The van der Waals surface area contributed by atoms with Gasteiger partial charge in [-0.3, -0.25) is 4.79 Å². The van der Waals surface area contributed by atoms with E-state index in [0.29, 0.717) is 16.1 Å². The van der Waals surface area contributed by atoms with Gasteiger partial charge in [-0.1, -0.05) is 42.5 Å². The molecule has 1 heterocycles. The van der Waals surface area contributed by atoms with Gasteiger partial charge in [-0.05, 0) is 54.5 Å². The molecule has 28 heavy (non-hydrogen) atoms. The standard InChI is InChI=1S/C23H21NO3S/c1-27-23(26)20-18-9-5-6-10-19(18)28-22(20)24-21(25)17-13-11-16(12-14-17)15-7-3-2-4-8-15/h2-4,7-8,11-14H,5-6,9-10H2,1H3,(H,24,25). The monoisotopic (exact) mass is 391 g/mol. The largest absolute Gasteiger partial charge is 0.465 e. The lowest BCUT2D eigenvalue weighted by Crippen LogP contribution is -2.15. The Hall–Kier alpha value is -2.92.